The first kappa shape index (κ1) is 23.8. The van der Waals surface area contributed by atoms with E-state index in [0.29, 0.717) is 11.4 Å². The van der Waals surface area contributed by atoms with Crippen LogP contribution in [0.25, 0.3) is 11.8 Å². The number of amides is 1. The Morgan fingerprint density at radius 3 is 2.42 bits per heavy atom. The molecule has 0 saturated heterocycles. The summed E-state index contributed by atoms with van der Waals surface area (Å²) in [6, 6.07) is 8.00. The topological polar surface area (TPSA) is 97.0 Å². The van der Waals surface area contributed by atoms with Gasteiger partial charge in [0.1, 0.15) is 11.4 Å². The lowest BCUT2D eigenvalue weighted by molar-refractivity contribution is -0.150. The standard InChI is InChI=1S/C23H27FN4O3/c1-14(2)23(6,13-25)26-22(30)17(5)31-21(29)12-11-20-15(3)27-28(16(20)4)19-9-7-18(24)8-10-19/h7-12,14,17H,1-6H3,(H,26,30)/b12-11+. The van der Waals surface area contributed by atoms with Crippen LogP contribution < -0.4 is 5.32 Å². The molecular formula is C23H27FN4O3. The van der Waals surface area contributed by atoms with Crippen molar-refractivity contribution in [2.75, 3.05) is 0 Å². The fourth-order valence-electron chi connectivity index (χ4n) is 2.81. The first-order valence-electron chi connectivity index (χ1n) is 9.92. The van der Waals surface area contributed by atoms with Gasteiger partial charge in [0.2, 0.25) is 0 Å². The third-order valence-corrected chi connectivity index (χ3v) is 5.24. The number of nitriles is 1. The van der Waals surface area contributed by atoms with Crippen molar-refractivity contribution in [3.63, 3.8) is 0 Å². The highest BCUT2D eigenvalue weighted by atomic mass is 19.1. The molecule has 1 heterocycles. The van der Waals surface area contributed by atoms with E-state index in [-0.39, 0.29) is 11.7 Å². The molecule has 0 radical (unpaired) electrons. The summed E-state index contributed by atoms with van der Waals surface area (Å²) in [5, 5.41) is 16.4. The highest BCUT2D eigenvalue weighted by Gasteiger charge is 2.32. The van der Waals surface area contributed by atoms with E-state index in [9.17, 15) is 19.2 Å². The average molecular weight is 426 g/mol. The number of hydrogen-bond donors (Lipinski definition) is 1. The predicted octanol–water partition coefficient (Wildman–Crippen LogP) is 3.63. The number of hydrogen-bond acceptors (Lipinski definition) is 5. The fourth-order valence-corrected chi connectivity index (χ4v) is 2.81. The summed E-state index contributed by atoms with van der Waals surface area (Å²) in [7, 11) is 0. The monoisotopic (exact) mass is 426 g/mol. The van der Waals surface area contributed by atoms with E-state index < -0.39 is 23.5 Å². The van der Waals surface area contributed by atoms with Gasteiger partial charge < -0.3 is 10.1 Å². The summed E-state index contributed by atoms with van der Waals surface area (Å²) in [5.41, 5.74) is 1.80. The van der Waals surface area contributed by atoms with E-state index in [4.69, 9.17) is 4.74 Å². The molecule has 0 saturated carbocycles. The number of nitrogens with one attached hydrogen (secondary N) is 1. The molecule has 1 aromatic carbocycles. The predicted molar refractivity (Wildman–Crippen MR) is 115 cm³/mol. The molecule has 0 fully saturated rings. The van der Waals surface area contributed by atoms with Crippen LogP contribution in [0.15, 0.2) is 30.3 Å². The number of ether oxygens (including phenoxy) is 1. The van der Waals surface area contributed by atoms with Crippen LogP contribution in [0.2, 0.25) is 0 Å². The number of carbonyl (C=O) groups is 2. The molecule has 8 heteroatoms. The number of benzene rings is 1. The number of aromatic nitrogens is 2. The van der Waals surface area contributed by atoms with Gasteiger partial charge in [-0.05, 0) is 64.0 Å². The zero-order valence-corrected chi connectivity index (χ0v) is 18.6. The molecule has 0 bridgehead atoms. The van der Waals surface area contributed by atoms with Crippen LogP contribution in [0.4, 0.5) is 4.39 Å². The summed E-state index contributed by atoms with van der Waals surface area (Å²) < 4.78 is 20.0. The molecule has 2 atom stereocenters. The molecule has 0 spiro atoms. The summed E-state index contributed by atoms with van der Waals surface area (Å²) in [6.45, 7) is 10.3. The smallest absolute Gasteiger partial charge is 0.331 e. The van der Waals surface area contributed by atoms with Gasteiger partial charge in [0, 0.05) is 17.3 Å². The van der Waals surface area contributed by atoms with E-state index in [0.717, 1.165) is 11.3 Å². The largest absolute Gasteiger partial charge is 0.449 e. The summed E-state index contributed by atoms with van der Waals surface area (Å²) >= 11 is 0. The van der Waals surface area contributed by atoms with Crippen molar-refractivity contribution in [3.8, 4) is 11.8 Å². The Hall–Kier alpha value is -3.47. The molecule has 2 unspecified atom stereocenters. The summed E-state index contributed by atoms with van der Waals surface area (Å²) in [5.74, 6) is -1.70. The molecule has 7 nitrogen and oxygen atoms in total. The van der Waals surface area contributed by atoms with Crippen molar-refractivity contribution in [1.82, 2.24) is 15.1 Å². The number of halogens is 1. The quantitative estimate of drug-likeness (QED) is 0.539. The third-order valence-electron chi connectivity index (χ3n) is 5.24. The van der Waals surface area contributed by atoms with Gasteiger partial charge >= 0.3 is 5.97 Å². The minimum Gasteiger partial charge on any atom is -0.449 e. The SMILES string of the molecule is Cc1nn(-c2ccc(F)cc2)c(C)c1/C=C/C(=O)OC(C)C(=O)NC(C)(C#N)C(C)C. The fraction of sp³-hybridized carbons (Fsp3) is 0.391. The van der Waals surface area contributed by atoms with Gasteiger partial charge in [0.05, 0.1) is 17.5 Å². The van der Waals surface area contributed by atoms with Crippen LogP contribution in [0.1, 0.15) is 44.6 Å². The van der Waals surface area contributed by atoms with Crippen molar-refractivity contribution in [3.05, 3.63) is 53.1 Å². The normalized spacial score (nSPS) is 14.2. The minimum atomic E-state index is -1.06. The number of rotatable bonds is 7. The van der Waals surface area contributed by atoms with Gasteiger partial charge in [-0.1, -0.05) is 13.8 Å². The summed E-state index contributed by atoms with van der Waals surface area (Å²) in [6.07, 6.45) is 1.73. The first-order chi connectivity index (χ1) is 14.5. The zero-order chi connectivity index (χ0) is 23.3. The van der Waals surface area contributed by atoms with Crippen molar-refractivity contribution < 1.29 is 18.7 Å². The lowest BCUT2D eigenvalue weighted by Gasteiger charge is -2.28. The van der Waals surface area contributed by atoms with Crippen LogP contribution in [-0.4, -0.2) is 33.3 Å². The van der Waals surface area contributed by atoms with E-state index >= 15 is 0 Å². The molecule has 164 valence electrons. The number of nitrogens with zero attached hydrogens (tertiary/aromatic N) is 3. The second-order valence-electron chi connectivity index (χ2n) is 7.84. The van der Waals surface area contributed by atoms with Crippen molar-refractivity contribution in [2.45, 2.75) is 53.2 Å². The minimum absolute atomic E-state index is 0.118. The molecule has 0 aliphatic carbocycles. The van der Waals surface area contributed by atoms with E-state index in [1.165, 1.54) is 25.1 Å². The maximum atomic E-state index is 13.2. The van der Waals surface area contributed by atoms with Crippen LogP contribution in [0.3, 0.4) is 0 Å². The van der Waals surface area contributed by atoms with E-state index in [1.54, 1.807) is 36.7 Å². The third kappa shape index (κ3) is 5.57. The Kier molecular flexibility index (Phi) is 7.34. The maximum absolute atomic E-state index is 13.2. The van der Waals surface area contributed by atoms with Crippen LogP contribution in [0, 0.1) is 36.9 Å². The molecular weight excluding hydrogens is 399 g/mol. The lowest BCUT2D eigenvalue weighted by atomic mass is 9.90. The molecule has 1 aromatic heterocycles. The Bertz CT molecular complexity index is 1030. The zero-order valence-electron chi connectivity index (χ0n) is 18.6. The Balaban J connectivity index is 2.09. The molecule has 0 aliphatic rings. The van der Waals surface area contributed by atoms with Crippen LogP contribution in [-0.2, 0) is 14.3 Å². The van der Waals surface area contributed by atoms with Gasteiger partial charge in [-0.3, -0.25) is 4.79 Å². The molecule has 1 N–H and O–H groups in total. The van der Waals surface area contributed by atoms with Gasteiger partial charge in [-0.2, -0.15) is 10.4 Å². The Morgan fingerprint density at radius 2 is 1.87 bits per heavy atom. The Morgan fingerprint density at radius 1 is 1.26 bits per heavy atom. The molecule has 31 heavy (non-hydrogen) atoms. The van der Waals surface area contributed by atoms with Crippen molar-refractivity contribution in [1.29, 1.82) is 5.26 Å². The second-order valence-corrected chi connectivity index (χ2v) is 7.84. The number of esters is 1. The van der Waals surface area contributed by atoms with Gasteiger partial charge in [-0.15, -0.1) is 0 Å². The average Bonchev–Trinajstić information content (AvgIpc) is 3.00. The summed E-state index contributed by atoms with van der Waals surface area (Å²) in [4.78, 5) is 24.5. The molecule has 2 rings (SSSR count). The molecule has 2 aromatic rings. The lowest BCUT2D eigenvalue weighted by Crippen LogP contribution is -2.52. The number of aryl methyl sites for hydroxylation is 1. The molecule has 1 amide bonds. The molecule has 0 aliphatic heterocycles. The second kappa shape index (κ2) is 9.56. The van der Waals surface area contributed by atoms with Crippen molar-refractivity contribution in [2.24, 2.45) is 5.92 Å². The van der Waals surface area contributed by atoms with Gasteiger partial charge in [0.25, 0.3) is 5.91 Å². The maximum Gasteiger partial charge on any atom is 0.331 e. The first-order valence-corrected chi connectivity index (χ1v) is 9.92. The highest BCUT2D eigenvalue weighted by Crippen LogP contribution is 2.20. The number of carbonyl (C=O) groups excluding carboxylic acids is 2. The highest BCUT2D eigenvalue weighted by molar-refractivity contribution is 5.90. The van der Waals surface area contributed by atoms with Gasteiger partial charge in [-0.25, -0.2) is 13.9 Å². The Labute approximate surface area is 181 Å². The van der Waals surface area contributed by atoms with E-state index in [1.807, 2.05) is 20.8 Å². The van der Waals surface area contributed by atoms with Gasteiger partial charge in [0.15, 0.2) is 6.10 Å². The van der Waals surface area contributed by atoms with Crippen LogP contribution in [0.5, 0.6) is 0 Å². The van der Waals surface area contributed by atoms with Crippen molar-refractivity contribution >= 4 is 18.0 Å². The van der Waals surface area contributed by atoms with Crippen LogP contribution >= 0.6 is 0 Å². The van der Waals surface area contributed by atoms with E-state index in [2.05, 4.69) is 16.5 Å².